The highest BCUT2D eigenvalue weighted by Gasteiger charge is 2.17. The molecule has 0 aromatic heterocycles. The highest BCUT2D eigenvalue weighted by Crippen LogP contribution is 2.21. The van der Waals surface area contributed by atoms with Gasteiger partial charge in [-0.25, -0.2) is 0 Å². The minimum atomic E-state index is 0.0204. The summed E-state index contributed by atoms with van der Waals surface area (Å²) in [5.41, 5.74) is 7.01. The molecule has 0 unspecified atom stereocenters. The summed E-state index contributed by atoms with van der Waals surface area (Å²) in [5, 5.41) is 0. The van der Waals surface area contributed by atoms with E-state index in [4.69, 9.17) is 10.5 Å². The van der Waals surface area contributed by atoms with Crippen LogP contribution in [0.5, 0.6) is 5.75 Å². The molecular weight excluding hydrogens is 252 g/mol. The standard InChI is InChI=1S/C16H26N2O2/c1-4-6-10-18(11-7-5-2)16(19)14-9-8-13(20-3)12-15(14)17/h8-9,12H,4-7,10-11,17H2,1-3H3. The maximum atomic E-state index is 12.6. The Kier molecular flexibility index (Phi) is 6.91. The quantitative estimate of drug-likeness (QED) is 0.742. The molecule has 0 heterocycles. The van der Waals surface area contributed by atoms with Gasteiger partial charge in [0.1, 0.15) is 5.75 Å². The number of hydrogen-bond donors (Lipinski definition) is 1. The van der Waals surface area contributed by atoms with E-state index in [1.807, 2.05) is 4.90 Å². The number of ether oxygens (including phenoxy) is 1. The number of nitrogen functional groups attached to an aromatic ring is 1. The van der Waals surface area contributed by atoms with E-state index >= 15 is 0 Å². The van der Waals surface area contributed by atoms with E-state index < -0.39 is 0 Å². The minimum Gasteiger partial charge on any atom is -0.497 e. The molecule has 0 aliphatic carbocycles. The monoisotopic (exact) mass is 278 g/mol. The third kappa shape index (κ3) is 4.44. The molecular formula is C16H26N2O2. The molecule has 1 aromatic rings. The van der Waals surface area contributed by atoms with Crippen LogP contribution in [0.1, 0.15) is 49.9 Å². The number of nitrogens with two attached hydrogens (primary N) is 1. The zero-order chi connectivity index (χ0) is 15.0. The second kappa shape index (κ2) is 8.46. The van der Waals surface area contributed by atoms with Crippen molar-refractivity contribution in [1.82, 2.24) is 4.90 Å². The lowest BCUT2D eigenvalue weighted by atomic mass is 10.1. The van der Waals surface area contributed by atoms with Crippen molar-refractivity contribution in [3.63, 3.8) is 0 Å². The molecule has 0 aliphatic rings. The van der Waals surface area contributed by atoms with Crippen molar-refractivity contribution in [2.75, 3.05) is 25.9 Å². The lowest BCUT2D eigenvalue weighted by molar-refractivity contribution is 0.0752. The smallest absolute Gasteiger partial charge is 0.255 e. The first-order chi connectivity index (χ1) is 9.63. The molecule has 0 spiro atoms. The van der Waals surface area contributed by atoms with E-state index in [0.717, 1.165) is 38.8 Å². The number of anilines is 1. The van der Waals surface area contributed by atoms with E-state index in [1.165, 1.54) is 0 Å². The Labute approximate surface area is 121 Å². The number of carbonyl (C=O) groups excluding carboxylic acids is 1. The van der Waals surface area contributed by atoms with Crippen LogP contribution in [0.15, 0.2) is 18.2 Å². The number of rotatable bonds is 8. The van der Waals surface area contributed by atoms with Crippen LogP contribution in [0.25, 0.3) is 0 Å². The molecule has 0 aliphatic heterocycles. The zero-order valence-electron chi connectivity index (χ0n) is 12.8. The topological polar surface area (TPSA) is 55.6 Å². The molecule has 0 fully saturated rings. The summed E-state index contributed by atoms with van der Waals surface area (Å²) < 4.78 is 5.12. The normalized spacial score (nSPS) is 10.3. The average molecular weight is 278 g/mol. The average Bonchev–Trinajstić information content (AvgIpc) is 2.46. The van der Waals surface area contributed by atoms with Gasteiger partial charge in [0.2, 0.25) is 0 Å². The molecule has 0 saturated heterocycles. The summed E-state index contributed by atoms with van der Waals surface area (Å²) in [6.45, 7) is 5.84. The van der Waals surface area contributed by atoms with Gasteiger partial charge in [-0.1, -0.05) is 26.7 Å². The van der Waals surface area contributed by atoms with E-state index in [2.05, 4.69) is 13.8 Å². The summed E-state index contributed by atoms with van der Waals surface area (Å²) >= 11 is 0. The van der Waals surface area contributed by atoms with Crippen molar-refractivity contribution < 1.29 is 9.53 Å². The molecule has 2 N–H and O–H groups in total. The van der Waals surface area contributed by atoms with Gasteiger partial charge in [0.15, 0.2) is 0 Å². The number of benzene rings is 1. The van der Waals surface area contributed by atoms with E-state index in [1.54, 1.807) is 25.3 Å². The second-order valence-corrected chi connectivity index (χ2v) is 4.95. The first-order valence-corrected chi connectivity index (χ1v) is 7.36. The lowest BCUT2D eigenvalue weighted by Gasteiger charge is -2.23. The molecule has 4 heteroatoms. The third-order valence-corrected chi connectivity index (χ3v) is 3.34. The molecule has 0 atom stereocenters. The fourth-order valence-electron chi connectivity index (χ4n) is 2.05. The molecule has 4 nitrogen and oxygen atoms in total. The molecule has 0 radical (unpaired) electrons. The fourth-order valence-corrected chi connectivity index (χ4v) is 2.05. The molecule has 1 rings (SSSR count). The van der Waals surface area contributed by atoms with Gasteiger partial charge >= 0.3 is 0 Å². The number of amides is 1. The van der Waals surface area contributed by atoms with Crippen molar-refractivity contribution in [2.24, 2.45) is 0 Å². The number of methoxy groups -OCH3 is 1. The molecule has 1 aromatic carbocycles. The highest BCUT2D eigenvalue weighted by atomic mass is 16.5. The maximum absolute atomic E-state index is 12.6. The maximum Gasteiger partial charge on any atom is 0.255 e. The Bertz CT molecular complexity index is 424. The minimum absolute atomic E-state index is 0.0204. The Morgan fingerprint density at radius 2 is 1.80 bits per heavy atom. The van der Waals surface area contributed by atoms with Crippen molar-refractivity contribution in [3.05, 3.63) is 23.8 Å². The molecule has 1 amide bonds. The van der Waals surface area contributed by atoms with E-state index in [0.29, 0.717) is 17.0 Å². The number of nitrogens with zero attached hydrogens (tertiary/aromatic N) is 1. The summed E-state index contributed by atoms with van der Waals surface area (Å²) in [7, 11) is 1.59. The molecule has 0 saturated carbocycles. The van der Waals surface area contributed by atoms with E-state index in [-0.39, 0.29) is 5.91 Å². The van der Waals surface area contributed by atoms with Gasteiger partial charge < -0.3 is 15.4 Å². The van der Waals surface area contributed by atoms with Crippen molar-refractivity contribution in [1.29, 1.82) is 0 Å². The van der Waals surface area contributed by atoms with Crippen molar-refractivity contribution in [2.45, 2.75) is 39.5 Å². The molecule has 0 bridgehead atoms. The fraction of sp³-hybridized carbons (Fsp3) is 0.562. The number of carbonyl (C=O) groups is 1. The van der Waals surface area contributed by atoms with Gasteiger partial charge in [-0.15, -0.1) is 0 Å². The summed E-state index contributed by atoms with van der Waals surface area (Å²) in [4.78, 5) is 14.5. The molecule has 20 heavy (non-hydrogen) atoms. The third-order valence-electron chi connectivity index (χ3n) is 3.34. The molecule has 112 valence electrons. The van der Waals surface area contributed by atoms with Crippen LogP contribution < -0.4 is 10.5 Å². The zero-order valence-corrected chi connectivity index (χ0v) is 12.8. The Morgan fingerprint density at radius 3 is 2.25 bits per heavy atom. The van der Waals surface area contributed by atoms with Crippen molar-refractivity contribution >= 4 is 11.6 Å². The SMILES string of the molecule is CCCCN(CCCC)C(=O)c1ccc(OC)cc1N. The summed E-state index contributed by atoms with van der Waals surface area (Å²) in [6.07, 6.45) is 4.19. The predicted octanol–water partition coefficient (Wildman–Crippen LogP) is 3.32. The van der Waals surface area contributed by atoms with Gasteiger partial charge in [-0.2, -0.15) is 0 Å². The van der Waals surface area contributed by atoms with Crippen LogP contribution >= 0.6 is 0 Å². The predicted molar refractivity (Wildman–Crippen MR) is 83.1 cm³/mol. The van der Waals surface area contributed by atoms with Gasteiger partial charge in [-0.05, 0) is 25.0 Å². The lowest BCUT2D eigenvalue weighted by Crippen LogP contribution is -2.33. The Balaban J connectivity index is 2.86. The number of hydrogen-bond acceptors (Lipinski definition) is 3. The first-order valence-electron chi connectivity index (χ1n) is 7.36. The van der Waals surface area contributed by atoms with Gasteiger partial charge in [0, 0.05) is 24.8 Å². The van der Waals surface area contributed by atoms with Gasteiger partial charge in [0.05, 0.1) is 12.7 Å². The van der Waals surface area contributed by atoms with Crippen molar-refractivity contribution in [3.8, 4) is 5.75 Å². The number of unbranched alkanes of at least 4 members (excludes halogenated alkanes) is 2. The van der Waals surface area contributed by atoms with Gasteiger partial charge in [0.25, 0.3) is 5.91 Å². The van der Waals surface area contributed by atoms with Crippen LogP contribution in [-0.2, 0) is 0 Å². The Morgan fingerprint density at radius 1 is 1.20 bits per heavy atom. The second-order valence-electron chi connectivity index (χ2n) is 4.95. The largest absolute Gasteiger partial charge is 0.497 e. The first kappa shape index (κ1) is 16.3. The van der Waals surface area contributed by atoms with Crippen LogP contribution in [0, 0.1) is 0 Å². The van der Waals surface area contributed by atoms with Crippen LogP contribution in [-0.4, -0.2) is 31.0 Å². The van der Waals surface area contributed by atoms with Crippen LogP contribution in [0.3, 0.4) is 0 Å². The van der Waals surface area contributed by atoms with Gasteiger partial charge in [-0.3, -0.25) is 4.79 Å². The summed E-state index contributed by atoms with van der Waals surface area (Å²) in [5.74, 6) is 0.694. The van der Waals surface area contributed by atoms with Crippen LogP contribution in [0.2, 0.25) is 0 Å². The van der Waals surface area contributed by atoms with Crippen LogP contribution in [0.4, 0.5) is 5.69 Å². The highest BCUT2D eigenvalue weighted by molar-refractivity contribution is 5.99. The Hall–Kier alpha value is -1.71. The summed E-state index contributed by atoms with van der Waals surface area (Å²) in [6, 6.07) is 5.23. The van der Waals surface area contributed by atoms with E-state index in [9.17, 15) is 4.79 Å².